The van der Waals surface area contributed by atoms with E-state index in [4.69, 9.17) is 23.2 Å². The largest absolute Gasteiger partial charge is 0.302 e. The molecule has 0 aliphatic rings. The summed E-state index contributed by atoms with van der Waals surface area (Å²) in [5, 5.41) is 1.08. The van der Waals surface area contributed by atoms with E-state index in [1.54, 1.807) is 18.2 Å². The van der Waals surface area contributed by atoms with Crippen molar-refractivity contribution in [2.45, 2.75) is 5.92 Å². The molecule has 0 fully saturated rings. The van der Waals surface area contributed by atoms with Crippen molar-refractivity contribution >= 4 is 29.5 Å². The van der Waals surface area contributed by atoms with E-state index < -0.39 is 0 Å². The third-order valence-corrected chi connectivity index (χ3v) is 3.15. The van der Waals surface area contributed by atoms with E-state index in [1.165, 1.54) is 0 Å². The summed E-state index contributed by atoms with van der Waals surface area (Å²) in [6.07, 6.45) is 0.893. The number of benzene rings is 2. The molecule has 0 saturated carbocycles. The van der Waals surface area contributed by atoms with Gasteiger partial charge in [0.1, 0.15) is 6.29 Å². The molecular weight excluding hydrogens is 255 g/mol. The molecule has 0 aromatic heterocycles. The van der Waals surface area contributed by atoms with Crippen molar-refractivity contribution in [1.82, 2.24) is 0 Å². The lowest BCUT2D eigenvalue weighted by Gasteiger charge is -2.13. The van der Waals surface area contributed by atoms with Gasteiger partial charge >= 0.3 is 0 Å². The highest BCUT2D eigenvalue weighted by molar-refractivity contribution is 6.35. The highest BCUT2D eigenvalue weighted by Crippen LogP contribution is 2.30. The Kier molecular flexibility index (Phi) is 3.82. The first-order valence-corrected chi connectivity index (χ1v) is 5.93. The van der Waals surface area contributed by atoms with Gasteiger partial charge in [-0.2, -0.15) is 0 Å². The fraction of sp³-hybridized carbons (Fsp3) is 0.0714. The van der Waals surface area contributed by atoms with E-state index in [0.29, 0.717) is 10.0 Å². The van der Waals surface area contributed by atoms with Crippen molar-refractivity contribution < 1.29 is 4.79 Å². The number of halogens is 2. The van der Waals surface area contributed by atoms with E-state index in [-0.39, 0.29) is 5.92 Å². The van der Waals surface area contributed by atoms with Crippen LogP contribution in [0.3, 0.4) is 0 Å². The van der Waals surface area contributed by atoms with E-state index in [9.17, 15) is 4.79 Å². The van der Waals surface area contributed by atoms with Gasteiger partial charge in [0.05, 0.1) is 5.92 Å². The third kappa shape index (κ3) is 2.68. The van der Waals surface area contributed by atoms with Gasteiger partial charge in [-0.3, -0.25) is 0 Å². The van der Waals surface area contributed by atoms with Crippen molar-refractivity contribution in [2.24, 2.45) is 0 Å². The van der Waals surface area contributed by atoms with Gasteiger partial charge in [-0.25, -0.2) is 0 Å². The van der Waals surface area contributed by atoms with Gasteiger partial charge in [0, 0.05) is 10.0 Å². The molecule has 0 amide bonds. The molecule has 86 valence electrons. The summed E-state index contributed by atoms with van der Waals surface area (Å²) in [7, 11) is 0. The minimum absolute atomic E-state index is 0.346. The van der Waals surface area contributed by atoms with Crippen molar-refractivity contribution in [3.63, 3.8) is 0 Å². The van der Waals surface area contributed by atoms with Crippen LogP contribution < -0.4 is 0 Å². The van der Waals surface area contributed by atoms with Gasteiger partial charge in [-0.05, 0) is 23.3 Å². The minimum atomic E-state index is -0.346. The average molecular weight is 265 g/mol. The molecule has 0 aliphatic heterocycles. The number of hydrogen-bond donors (Lipinski definition) is 0. The van der Waals surface area contributed by atoms with Crippen LogP contribution >= 0.6 is 23.2 Å². The SMILES string of the molecule is O=CC(c1ccccc1)c1ccc(Cl)cc1Cl. The maximum atomic E-state index is 11.3. The Labute approximate surface area is 110 Å². The van der Waals surface area contributed by atoms with Crippen LogP contribution in [0.1, 0.15) is 17.0 Å². The van der Waals surface area contributed by atoms with Crippen molar-refractivity contribution in [2.75, 3.05) is 0 Å². The van der Waals surface area contributed by atoms with Gasteiger partial charge in [0.2, 0.25) is 0 Å². The summed E-state index contributed by atoms with van der Waals surface area (Å²) >= 11 is 11.9. The summed E-state index contributed by atoms with van der Waals surface area (Å²) in [5.41, 5.74) is 1.70. The van der Waals surface area contributed by atoms with Gasteiger partial charge in [-0.1, -0.05) is 59.6 Å². The zero-order valence-electron chi connectivity index (χ0n) is 8.94. The van der Waals surface area contributed by atoms with E-state index in [2.05, 4.69) is 0 Å². The van der Waals surface area contributed by atoms with E-state index >= 15 is 0 Å². The molecule has 0 saturated heterocycles. The number of hydrogen-bond acceptors (Lipinski definition) is 1. The predicted molar refractivity (Wildman–Crippen MR) is 70.8 cm³/mol. The second kappa shape index (κ2) is 5.35. The molecule has 0 spiro atoms. The lowest BCUT2D eigenvalue weighted by molar-refractivity contribution is -0.108. The van der Waals surface area contributed by atoms with Gasteiger partial charge in [-0.15, -0.1) is 0 Å². The average Bonchev–Trinajstić information content (AvgIpc) is 2.34. The fourth-order valence-corrected chi connectivity index (χ4v) is 2.27. The maximum absolute atomic E-state index is 11.3. The monoisotopic (exact) mass is 264 g/mol. The molecule has 1 unspecified atom stereocenters. The first-order chi connectivity index (χ1) is 8.22. The summed E-state index contributed by atoms with van der Waals surface area (Å²) in [6, 6.07) is 14.7. The Morgan fingerprint density at radius 1 is 1.00 bits per heavy atom. The second-order valence-corrected chi connectivity index (χ2v) is 4.53. The minimum Gasteiger partial charge on any atom is -0.302 e. The van der Waals surface area contributed by atoms with Crippen LogP contribution in [-0.2, 0) is 4.79 Å². The summed E-state index contributed by atoms with van der Waals surface area (Å²) < 4.78 is 0. The molecule has 2 rings (SSSR count). The van der Waals surface area contributed by atoms with Crippen molar-refractivity contribution in [1.29, 1.82) is 0 Å². The lowest BCUT2D eigenvalue weighted by atomic mass is 9.93. The van der Waals surface area contributed by atoms with Crippen LogP contribution in [0.2, 0.25) is 10.0 Å². The van der Waals surface area contributed by atoms with E-state index in [0.717, 1.165) is 17.4 Å². The molecule has 0 radical (unpaired) electrons. The molecule has 17 heavy (non-hydrogen) atoms. The van der Waals surface area contributed by atoms with Gasteiger partial charge < -0.3 is 4.79 Å². The number of carbonyl (C=O) groups excluding carboxylic acids is 1. The molecular formula is C14H10Cl2O. The Bertz CT molecular complexity index is 523. The third-order valence-electron chi connectivity index (χ3n) is 2.59. The number of rotatable bonds is 3. The Morgan fingerprint density at radius 2 is 1.71 bits per heavy atom. The molecule has 2 aromatic rings. The van der Waals surface area contributed by atoms with Crippen LogP contribution in [0, 0.1) is 0 Å². The summed E-state index contributed by atoms with van der Waals surface area (Å²) in [5.74, 6) is -0.346. The van der Waals surface area contributed by atoms with Crippen LogP contribution in [0.5, 0.6) is 0 Å². The molecule has 0 bridgehead atoms. The lowest BCUT2D eigenvalue weighted by Crippen LogP contribution is -2.02. The molecule has 1 nitrogen and oxygen atoms in total. The highest BCUT2D eigenvalue weighted by atomic mass is 35.5. The predicted octanol–water partition coefficient (Wildman–Crippen LogP) is 4.32. The topological polar surface area (TPSA) is 17.1 Å². The quantitative estimate of drug-likeness (QED) is 0.755. The van der Waals surface area contributed by atoms with Crippen LogP contribution in [0.25, 0.3) is 0 Å². The zero-order valence-corrected chi connectivity index (χ0v) is 10.4. The highest BCUT2D eigenvalue weighted by Gasteiger charge is 2.15. The molecule has 0 aliphatic carbocycles. The van der Waals surface area contributed by atoms with Crippen LogP contribution in [0.15, 0.2) is 48.5 Å². The summed E-state index contributed by atoms with van der Waals surface area (Å²) in [4.78, 5) is 11.3. The number of aldehydes is 1. The maximum Gasteiger partial charge on any atom is 0.131 e. The fourth-order valence-electron chi connectivity index (χ4n) is 1.75. The normalized spacial score (nSPS) is 12.1. The molecule has 2 aromatic carbocycles. The molecule has 0 heterocycles. The van der Waals surface area contributed by atoms with E-state index in [1.807, 2.05) is 30.3 Å². The van der Waals surface area contributed by atoms with Crippen LogP contribution in [0.4, 0.5) is 0 Å². The van der Waals surface area contributed by atoms with Crippen LogP contribution in [-0.4, -0.2) is 6.29 Å². The first kappa shape index (κ1) is 12.2. The summed E-state index contributed by atoms with van der Waals surface area (Å²) in [6.45, 7) is 0. The van der Waals surface area contributed by atoms with Gasteiger partial charge in [0.25, 0.3) is 0 Å². The number of carbonyl (C=O) groups is 1. The van der Waals surface area contributed by atoms with Gasteiger partial charge in [0.15, 0.2) is 0 Å². The Balaban J connectivity index is 2.46. The van der Waals surface area contributed by atoms with Crippen molar-refractivity contribution in [3.8, 4) is 0 Å². The second-order valence-electron chi connectivity index (χ2n) is 3.69. The zero-order chi connectivity index (χ0) is 12.3. The molecule has 1 atom stereocenters. The Morgan fingerprint density at radius 3 is 2.29 bits per heavy atom. The molecule has 3 heteroatoms. The van der Waals surface area contributed by atoms with Crippen molar-refractivity contribution in [3.05, 3.63) is 69.7 Å². The Hall–Kier alpha value is -1.31. The smallest absolute Gasteiger partial charge is 0.131 e. The standard InChI is InChI=1S/C14H10Cl2O/c15-11-6-7-12(14(16)8-11)13(9-17)10-4-2-1-3-5-10/h1-9,13H. The first-order valence-electron chi connectivity index (χ1n) is 5.17. The molecule has 0 N–H and O–H groups in total.